The first kappa shape index (κ1) is 29.3. The Bertz CT molecular complexity index is 684. The van der Waals surface area contributed by atoms with Crippen molar-refractivity contribution in [2.75, 3.05) is 0 Å². The first-order chi connectivity index (χ1) is 14.7. The largest absolute Gasteiger partial charge is 0.402 e. The fourth-order valence-corrected chi connectivity index (χ4v) is 3.69. The highest BCUT2D eigenvalue weighted by atomic mass is 32.1. The van der Waals surface area contributed by atoms with Gasteiger partial charge in [-0.1, -0.05) is 80.7 Å². The zero-order chi connectivity index (χ0) is 23.6. The monoisotopic (exact) mass is 441 g/mol. The molecule has 0 radical (unpaired) electrons. The maximum Gasteiger partial charge on any atom is 0.00467 e. The summed E-state index contributed by atoms with van der Waals surface area (Å²) in [5.41, 5.74) is 12.4. The summed E-state index contributed by atoms with van der Waals surface area (Å²) < 4.78 is 0. The number of unbranched alkanes of at least 4 members (excludes halogenated alkanes) is 2. The van der Waals surface area contributed by atoms with Gasteiger partial charge >= 0.3 is 0 Å². The third-order valence-electron chi connectivity index (χ3n) is 5.38. The fraction of sp³-hybridized carbons (Fsp3) is 0.517. The van der Waals surface area contributed by atoms with Crippen molar-refractivity contribution in [2.45, 2.75) is 91.9 Å². The van der Waals surface area contributed by atoms with E-state index in [4.69, 9.17) is 5.73 Å². The van der Waals surface area contributed by atoms with Crippen molar-refractivity contribution in [3.05, 3.63) is 83.0 Å². The van der Waals surface area contributed by atoms with E-state index in [-0.39, 0.29) is 0 Å². The molecule has 0 aliphatic heterocycles. The Morgan fingerprint density at radius 1 is 0.968 bits per heavy atom. The Hall–Kier alpha value is -1.67. The molecule has 2 N–H and O–H groups in total. The number of nitrogens with two attached hydrogens (primary N) is 1. The zero-order valence-corrected chi connectivity index (χ0v) is 21.6. The van der Waals surface area contributed by atoms with E-state index in [1.54, 1.807) is 0 Å². The minimum Gasteiger partial charge on any atom is -0.402 e. The number of rotatable bonds is 17. The van der Waals surface area contributed by atoms with Crippen LogP contribution in [-0.2, 0) is 0 Å². The Balaban J connectivity index is 4.46. The van der Waals surface area contributed by atoms with Gasteiger partial charge in [-0.15, -0.1) is 12.6 Å². The van der Waals surface area contributed by atoms with E-state index in [0.29, 0.717) is 5.92 Å². The predicted molar refractivity (Wildman–Crippen MR) is 146 cm³/mol. The Kier molecular flexibility index (Phi) is 17.0. The van der Waals surface area contributed by atoms with Crippen molar-refractivity contribution >= 4 is 12.6 Å². The maximum absolute atomic E-state index is 6.25. The highest BCUT2D eigenvalue weighted by Crippen LogP contribution is 2.29. The Morgan fingerprint density at radius 2 is 1.65 bits per heavy atom. The summed E-state index contributed by atoms with van der Waals surface area (Å²) in [7, 11) is 0. The van der Waals surface area contributed by atoms with Gasteiger partial charge in [-0.25, -0.2) is 0 Å². The quantitative estimate of drug-likeness (QED) is 0.0999. The number of hydrogen-bond donors (Lipinski definition) is 2. The highest BCUT2D eigenvalue weighted by Gasteiger charge is 2.13. The first-order valence-electron chi connectivity index (χ1n) is 11.8. The van der Waals surface area contributed by atoms with Crippen LogP contribution in [0.3, 0.4) is 0 Å². The van der Waals surface area contributed by atoms with Gasteiger partial charge in [-0.3, -0.25) is 0 Å². The molecule has 0 aliphatic carbocycles. The van der Waals surface area contributed by atoms with Crippen LogP contribution in [0.4, 0.5) is 0 Å². The van der Waals surface area contributed by atoms with E-state index >= 15 is 0 Å². The Labute approximate surface area is 199 Å². The molecule has 0 bridgehead atoms. The SMILES string of the molecule is C=C(C)/C=C\CCC(=C)/C=C\CCCC/C(=C\CC)C/C(=C(\C)N)C(C)CCC(=C)S. The molecule has 1 atom stereocenters. The summed E-state index contributed by atoms with van der Waals surface area (Å²) >= 11 is 4.34. The van der Waals surface area contributed by atoms with Crippen LogP contribution >= 0.6 is 12.6 Å². The van der Waals surface area contributed by atoms with Crippen LogP contribution in [0, 0.1) is 5.92 Å². The average Bonchev–Trinajstić information content (AvgIpc) is 2.69. The standard InChI is InChI=1S/C29H47NS/c1-8-15-28(22-29(27(7)30)25(5)20-21-26(6)31)19-12-10-9-11-17-24(4)18-14-13-16-23(2)3/h11,13,15-17,25,31H,2,4,6,8-10,12,14,18-22,30H2,1,3,5,7H3/b16-13-,17-11-,28-15+,29-27-. The normalized spacial score (nSPS) is 14.2. The number of allylic oxidation sites excluding steroid dienone is 11. The van der Waals surface area contributed by atoms with Crippen LogP contribution in [0.5, 0.6) is 0 Å². The predicted octanol–water partition coefficient (Wildman–Crippen LogP) is 9.39. The molecular formula is C29H47NS. The van der Waals surface area contributed by atoms with E-state index in [2.05, 4.69) is 76.6 Å². The van der Waals surface area contributed by atoms with Crippen molar-refractivity contribution in [1.82, 2.24) is 0 Å². The van der Waals surface area contributed by atoms with Gasteiger partial charge in [0.1, 0.15) is 0 Å². The van der Waals surface area contributed by atoms with Crippen molar-refractivity contribution < 1.29 is 0 Å². The average molecular weight is 442 g/mol. The molecule has 0 heterocycles. The van der Waals surface area contributed by atoms with Crippen molar-refractivity contribution in [3.63, 3.8) is 0 Å². The summed E-state index contributed by atoms with van der Waals surface area (Å²) in [6.07, 6.45) is 21.9. The summed E-state index contributed by atoms with van der Waals surface area (Å²) in [4.78, 5) is 0.948. The van der Waals surface area contributed by atoms with E-state index in [1.807, 2.05) is 13.8 Å². The minimum absolute atomic E-state index is 0.466. The van der Waals surface area contributed by atoms with E-state index in [9.17, 15) is 0 Å². The molecule has 0 saturated heterocycles. The molecule has 0 aromatic heterocycles. The van der Waals surface area contributed by atoms with Crippen molar-refractivity contribution in [3.8, 4) is 0 Å². The molecule has 1 unspecified atom stereocenters. The van der Waals surface area contributed by atoms with Crippen molar-refractivity contribution in [1.29, 1.82) is 0 Å². The zero-order valence-electron chi connectivity index (χ0n) is 20.7. The van der Waals surface area contributed by atoms with Gasteiger partial charge in [0.15, 0.2) is 0 Å². The van der Waals surface area contributed by atoms with Gasteiger partial charge < -0.3 is 5.73 Å². The van der Waals surface area contributed by atoms with Crippen LogP contribution < -0.4 is 5.73 Å². The van der Waals surface area contributed by atoms with Gasteiger partial charge in [0, 0.05) is 5.70 Å². The topological polar surface area (TPSA) is 26.0 Å². The van der Waals surface area contributed by atoms with Crippen molar-refractivity contribution in [2.24, 2.45) is 11.7 Å². The second-order valence-electron chi connectivity index (χ2n) is 8.76. The summed E-state index contributed by atoms with van der Waals surface area (Å²) in [5, 5.41) is 0. The summed E-state index contributed by atoms with van der Waals surface area (Å²) in [6.45, 7) is 20.5. The van der Waals surface area contributed by atoms with Crippen LogP contribution in [0.15, 0.2) is 83.0 Å². The van der Waals surface area contributed by atoms with Crippen LogP contribution in [0.1, 0.15) is 91.9 Å². The lowest BCUT2D eigenvalue weighted by molar-refractivity contribution is 0.590. The molecule has 0 aromatic carbocycles. The summed E-state index contributed by atoms with van der Waals surface area (Å²) in [5.74, 6) is 0.466. The van der Waals surface area contributed by atoms with Gasteiger partial charge in [-0.2, -0.15) is 0 Å². The van der Waals surface area contributed by atoms with Gasteiger partial charge in [0.25, 0.3) is 0 Å². The third kappa shape index (κ3) is 16.7. The summed E-state index contributed by atoms with van der Waals surface area (Å²) in [6, 6.07) is 0. The molecule has 0 aromatic rings. The smallest absolute Gasteiger partial charge is 0.00467 e. The van der Waals surface area contributed by atoms with Crippen LogP contribution in [0.2, 0.25) is 0 Å². The van der Waals surface area contributed by atoms with Gasteiger partial charge in [0.05, 0.1) is 0 Å². The number of hydrogen-bond acceptors (Lipinski definition) is 2. The Morgan fingerprint density at radius 3 is 2.23 bits per heavy atom. The second kappa shape index (κ2) is 18.0. The molecule has 0 saturated carbocycles. The lowest BCUT2D eigenvalue weighted by Crippen LogP contribution is -2.09. The van der Waals surface area contributed by atoms with E-state index in [0.717, 1.165) is 67.5 Å². The second-order valence-corrected chi connectivity index (χ2v) is 9.39. The minimum atomic E-state index is 0.466. The number of thiol groups is 1. The third-order valence-corrected chi connectivity index (χ3v) is 5.61. The molecular weight excluding hydrogens is 394 g/mol. The van der Waals surface area contributed by atoms with Gasteiger partial charge in [-0.05, 0) is 94.5 Å². The first-order valence-corrected chi connectivity index (χ1v) is 12.3. The lowest BCUT2D eigenvalue weighted by atomic mass is 9.87. The molecule has 31 heavy (non-hydrogen) atoms. The fourth-order valence-electron chi connectivity index (χ4n) is 3.56. The molecule has 0 fully saturated rings. The van der Waals surface area contributed by atoms with Gasteiger partial charge in [0.2, 0.25) is 0 Å². The van der Waals surface area contributed by atoms with Crippen LogP contribution in [-0.4, -0.2) is 0 Å². The van der Waals surface area contributed by atoms with E-state index in [1.165, 1.54) is 29.6 Å². The molecule has 0 aliphatic rings. The highest BCUT2D eigenvalue weighted by molar-refractivity contribution is 7.84. The molecule has 174 valence electrons. The molecule has 1 nitrogen and oxygen atoms in total. The van der Waals surface area contributed by atoms with Crippen LogP contribution in [0.25, 0.3) is 0 Å². The molecule has 0 spiro atoms. The lowest BCUT2D eigenvalue weighted by Gasteiger charge is -2.20. The molecule has 0 rings (SSSR count). The maximum atomic E-state index is 6.25. The van der Waals surface area contributed by atoms with E-state index < -0.39 is 0 Å². The molecule has 0 amide bonds. The molecule has 2 heteroatoms.